The van der Waals surface area contributed by atoms with Crippen LogP contribution in [-0.2, 0) is 4.79 Å². The third-order valence-corrected chi connectivity index (χ3v) is 5.01. The van der Waals surface area contributed by atoms with Crippen LogP contribution in [0.3, 0.4) is 0 Å². The third-order valence-electron chi connectivity index (χ3n) is 5.01. The summed E-state index contributed by atoms with van der Waals surface area (Å²) in [6.07, 6.45) is 8.61. The molecular formula is C24H30O3. The molecule has 2 aromatic carbocycles. The number of unbranched alkanes of at least 4 members (excludes halogenated alkanes) is 6. The number of carboxylic acid groups (broad SMARTS) is 1. The summed E-state index contributed by atoms with van der Waals surface area (Å²) >= 11 is 0. The van der Waals surface area contributed by atoms with Crippen molar-refractivity contribution < 1.29 is 14.7 Å². The van der Waals surface area contributed by atoms with Gasteiger partial charge in [-0.3, -0.25) is 9.59 Å². The van der Waals surface area contributed by atoms with Gasteiger partial charge in [-0.15, -0.1) is 0 Å². The Morgan fingerprint density at radius 2 is 1.41 bits per heavy atom. The van der Waals surface area contributed by atoms with Crippen molar-refractivity contribution in [2.75, 3.05) is 0 Å². The first-order chi connectivity index (χ1) is 13.1. The Kier molecular flexibility index (Phi) is 8.76. The fraction of sp³-hybridized carbons (Fsp3) is 0.417. The molecule has 0 aromatic heterocycles. The third kappa shape index (κ3) is 6.35. The SMILES string of the molecule is CCCCCCCCCC(C(=O)O)c1ccccc1C(=O)c1ccccc1. The van der Waals surface area contributed by atoms with Gasteiger partial charge in [-0.25, -0.2) is 0 Å². The Labute approximate surface area is 162 Å². The molecule has 0 aliphatic heterocycles. The molecule has 0 amide bonds. The number of hydrogen-bond acceptors (Lipinski definition) is 2. The summed E-state index contributed by atoms with van der Waals surface area (Å²) in [7, 11) is 0. The standard InChI is InChI=1S/C24H30O3/c1-2-3-4-5-6-7-11-18-22(24(26)27)20-16-12-13-17-21(20)23(25)19-14-9-8-10-15-19/h8-10,12-17,22H,2-7,11,18H2,1H3,(H,26,27). The number of aliphatic carboxylic acids is 1. The second-order valence-electron chi connectivity index (χ2n) is 7.08. The average molecular weight is 367 g/mol. The summed E-state index contributed by atoms with van der Waals surface area (Å²) in [5, 5.41) is 9.76. The molecule has 0 saturated carbocycles. The number of rotatable bonds is 12. The van der Waals surface area contributed by atoms with E-state index in [4.69, 9.17) is 0 Å². The average Bonchev–Trinajstić information content (AvgIpc) is 2.70. The van der Waals surface area contributed by atoms with Crippen LogP contribution in [0.15, 0.2) is 54.6 Å². The molecule has 2 rings (SSSR count). The Hall–Kier alpha value is -2.42. The highest BCUT2D eigenvalue weighted by Crippen LogP contribution is 2.28. The lowest BCUT2D eigenvalue weighted by Crippen LogP contribution is -2.16. The number of benzene rings is 2. The van der Waals surface area contributed by atoms with Gasteiger partial charge in [0, 0.05) is 11.1 Å². The maximum Gasteiger partial charge on any atom is 0.310 e. The summed E-state index contributed by atoms with van der Waals surface area (Å²) in [6, 6.07) is 16.2. The van der Waals surface area contributed by atoms with Gasteiger partial charge < -0.3 is 5.11 Å². The van der Waals surface area contributed by atoms with Crippen LogP contribution < -0.4 is 0 Å². The van der Waals surface area contributed by atoms with E-state index in [1.165, 1.54) is 25.7 Å². The first-order valence-corrected chi connectivity index (χ1v) is 10.1. The summed E-state index contributed by atoms with van der Waals surface area (Å²) in [5.74, 6) is -1.60. The van der Waals surface area contributed by atoms with Gasteiger partial charge in [0.1, 0.15) is 0 Å². The van der Waals surface area contributed by atoms with Crippen molar-refractivity contribution >= 4 is 11.8 Å². The number of hydrogen-bond donors (Lipinski definition) is 1. The van der Waals surface area contributed by atoms with Crippen LogP contribution >= 0.6 is 0 Å². The molecule has 3 nitrogen and oxygen atoms in total. The molecule has 1 N–H and O–H groups in total. The molecule has 0 saturated heterocycles. The van der Waals surface area contributed by atoms with Crippen molar-refractivity contribution in [1.29, 1.82) is 0 Å². The van der Waals surface area contributed by atoms with Gasteiger partial charge in [-0.05, 0) is 12.0 Å². The molecule has 144 valence electrons. The van der Waals surface area contributed by atoms with Gasteiger partial charge in [0.25, 0.3) is 0 Å². The quantitative estimate of drug-likeness (QED) is 0.358. The molecule has 0 aliphatic carbocycles. The molecule has 0 fully saturated rings. The van der Waals surface area contributed by atoms with Crippen LogP contribution in [0.25, 0.3) is 0 Å². The monoisotopic (exact) mass is 366 g/mol. The van der Waals surface area contributed by atoms with Crippen LogP contribution in [0.2, 0.25) is 0 Å². The van der Waals surface area contributed by atoms with E-state index in [1.54, 1.807) is 30.3 Å². The van der Waals surface area contributed by atoms with E-state index >= 15 is 0 Å². The van der Waals surface area contributed by atoms with Crippen LogP contribution in [-0.4, -0.2) is 16.9 Å². The molecule has 0 aliphatic rings. The van der Waals surface area contributed by atoms with E-state index in [1.807, 2.05) is 24.3 Å². The van der Waals surface area contributed by atoms with Crippen LogP contribution in [0.1, 0.15) is 85.7 Å². The number of ketones is 1. The van der Waals surface area contributed by atoms with Crippen LogP contribution in [0.5, 0.6) is 0 Å². The molecule has 0 bridgehead atoms. The predicted octanol–water partition coefficient (Wildman–Crippen LogP) is 6.23. The van der Waals surface area contributed by atoms with E-state index < -0.39 is 11.9 Å². The molecule has 0 heterocycles. The molecule has 2 aromatic rings. The van der Waals surface area contributed by atoms with Gasteiger partial charge in [0.05, 0.1) is 5.92 Å². The summed E-state index contributed by atoms with van der Waals surface area (Å²) in [5.41, 5.74) is 1.72. The molecule has 0 spiro atoms. The van der Waals surface area contributed by atoms with E-state index in [2.05, 4.69) is 6.92 Å². The Balaban J connectivity index is 2.07. The van der Waals surface area contributed by atoms with E-state index in [0.29, 0.717) is 23.1 Å². The van der Waals surface area contributed by atoms with Gasteiger partial charge in [0.15, 0.2) is 5.78 Å². The minimum atomic E-state index is -0.853. The van der Waals surface area contributed by atoms with Gasteiger partial charge in [0.2, 0.25) is 0 Å². The minimum Gasteiger partial charge on any atom is -0.481 e. The van der Waals surface area contributed by atoms with Crippen molar-refractivity contribution in [3.8, 4) is 0 Å². The highest BCUT2D eigenvalue weighted by atomic mass is 16.4. The second-order valence-corrected chi connectivity index (χ2v) is 7.08. The maximum absolute atomic E-state index is 12.9. The first kappa shape index (κ1) is 20.9. The fourth-order valence-corrected chi connectivity index (χ4v) is 3.47. The number of carboxylic acids is 1. The van der Waals surface area contributed by atoms with E-state index in [0.717, 1.165) is 19.3 Å². The topological polar surface area (TPSA) is 54.4 Å². The Bertz CT molecular complexity index is 721. The van der Waals surface area contributed by atoms with Gasteiger partial charge in [-0.2, -0.15) is 0 Å². The summed E-state index contributed by atoms with van der Waals surface area (Å²) in [6.45, 7) is 2.20. The van der Waals surface area contributed by atoms with Crippen molar-refractivity contribution in [3.05, 3.63) is 71.3 Å². The van der Waals surface area contributed by atoms with Gasteiger partial charge >= 0.3 is 5.97 Å². The first-order valence-electron chi connectivity index (χ1n) is 10.1. The lowest BCUT2D eigenvalue weighted by atomic mass is 9.87. The molecule has 3 heteroatoms. The van der Waals surface area contributed by atoms with Crippen LogP contribution in [0.4, 0.5) is 0 Å². The lowest BCUT2D eigenvalue weighted by Gasteiger charge is -2.16. The normalized spacial score (nSPS) is 11.9. The van der Waals surface area contributed by atoms with E-state index in [9.17, 15) is 14.7 Å². The molecule has 1 atom stereocenters. The summed E-state index contributed by atoms with van der Waals surface area (Å²) < 4.78 is 0. The highest BCUT2D eigenvalue weighted by Gasteiger charge is 2.25. The largest absolute Gasteiger partial charge is 0.481 e. The van der Waals surface area contributed by atoms with Gasteiger partial charge in [-0.1, -0.05) is 106 Å². The minimum absolute atomic E-state index is 0.114. The lowest BCUT2D eigenvalue weighted by molar-refractivity contribution is -0.139. The zero-order valence-electron chi connectivity index (χ0n) is 16.2. The molecular weight excluding hydrogens is 336 g/mol. The Morgan fingerprint density at radius 3 is 2.07 bits per heavy atom. The fourth-order valence-electron chi connectivity index (χ4n) is 3.47. The number of carbonyl (C=O) groups is 2. The van der Waals surface area contributed by atoms with Crippen LogP contribution in [0, 0.1) is 0 Å². The molecule has 0 radical (unpaired) electrons. The van der Waals surface area contributed by atoms with Crippen molar-refractivity contribution in [2.45, 2.75) is 64.2 Å². The molecule has 27 heavy (non-hydrogen) atoms. The predicted molar refractivity (Wildman–Crippen MR) is 109 cm³/mol. The van der Waals surface area contributed by atoms with Crippen molar-refractivity contribution in [3.63, 3.8) is 0 Å². The smallest absolute Gasteiger partial charge is 0.310 e. The van der Waals surface area contributed by atoms with Crippen molar-refractivity contribution in [1.82, 2.24) is 0 Å². The second kappa shape index (κ2) is 11.3. The Morgan fingerprint density at radius 1 is 0.815 bits per heavy atom. The highest BCUT2D eigenvalue weighted by molar-refractivity contribution is 6.10. The zero-order chi connectivity index (χ0) is 19.5. The van der Waals surface area contributed by atoms with E-state index in [-0.39, 0.29) is 5.78 Å². The summed E-state index contributed by atoms with van der Waals surface area (Å²) in [4.78, 5) is 24.8. The maximum atomic E-state index is 12.9. The zero-order valence-corrected chi connectivity index (χ0v) is 16.2. The number of carbonyl (C=O) groups excluding carboxylic acids is 1. The van der Waals surface area contributed by atoms with Crippen molar-refractivity contribution in [2.24, 2.45) is 0 Å². The molecule has 1 unspecified atom stereocenters.